The topological polar surface area (TPSA) is 69.1 Å². The van der Waals surface area contributed by atoms with Crippen molar-refractivity contribution in [3.8, 4) is 17.2 Å². The predicted octanol–water partition coefficient (Wildman–Crippen LogP) is 3.41. The fourth-order valence-electron chi connectivity index (χ4n) is 2.62. The summed E-state index contributed by atoms with van der Waals surface area (Å²) < 4.78 is 16.2. The molecule has 2 aromatic rings. The van der Waals surface area contributed by atoms with Gasteiger partial charge in [-0.05, 0) is 49.8 Å². The number of aliphatic imine (C=N–C) groups is 1. The molecule has 3 rings (SSSR count). The number of nitrogens with zero attached hydrogens (tertiary/aromatic N) is 1. The molecule has 0 atom stereocenters. The summed E-state index contributed by atoms with van der Waals surface area (Å²) in [4.78, 5) is 16.7. The van der Waals surface area contributed by atoms with E-state index in [2.05, 4.69) is 10.3 Å². The first-order valence-corrected chi connectivity index (χ1v) is 8.60. The fraction of sp³-hybridized carbons (Fsp3) is 0.238. The maximum atomic E-state index is 12.3. The van der Waals surface area contributed by atoms with Crippen molar-refractivity contribution < 1.29 is 19.0 Å². The first kappa shape index (κ1) is 18.5. The van der Waals surface area contributed by atoms with E-state index in [0.29, 0.717) is 28.6 Å². The average molecular weight is 366 g/mol. The summed E-state index contributed by atoms with van der Waals surface area (Å²) >= 11 is 0. The highest BCUT2D eigenvalue weighted by Gasteiger charge is 2.22. The van der Waals surface area contributed by atoms with Gasteiger partial charge in [0.2, 0.25) is 0 Å². The minimum Gasteiger partial charge on any atom is -0.497 e. The number of amides is 1. The van der Waals surface area contributed by atoms with E-state index in [0.717, 1.165) is 11.3 Å². The number of carbonyl (C=O) groups excluding carboxylic acids is 1. The van der Waals surface area contributed by atoms with Crippen molar-refractivity contribution in [2.24, 2.45) is 4.99 Å². The number of benzene rings is 2. The van der Waals surface area contributed by atoms with Gasteiger partial charge in [-0.25, -0.2) is 4.99 Å². The molecular formula is C21H22N2O4. The van der Waals surface area contributed by atoms with Crippen LogP contribution in [0.15, 0.2) is 53.2 Å². The van der Waals surface area contributed by atoms with Crippen LogP contribution in [-0.4, -0.2) is 32.1 Å². The monoisotopic (exact) mass is 366 g/mol. The Balaban J connectivity index is 1.87. The zero-order chi connectivity index (χ0) is 19.4. The fourth-order valence-corrected chi connectivity index (χ4v) is 2.62. The summed E-state index contributed by atoms with van der Waals surface area (Å²) in [7, 11) is 3.15. The zero-order valence-electron chi connectivity index (χ0n) is 15.8. The third-order valence-corrected chi connectivity index (χ3v) is 3.88. The molecule has 1 amide bonds. The minimum absolute atomic E-state index is 0.113. The van der Waals surface area contributed by atoms with Gasteiger partial charge in [0.1, 0.15) is 28.8 Å². The molecule has 0 fully saturated rings. The maximum Gasteiger partial charge on any atom is 0.275 e. The van der Waals surface area contributed by atoms with E-state index in [4.69, 9.17) is 14.2 Å². The van der Waals surface area contributed by atoms with E-state index >= 15 is 0 Å². The van der Waals surface area contributed by atoms with Crippen molar-refractivity contribution in [3.05, 3.63) is 59.3 Å². The summed E-state index contributed by atoms with van der Waals surface area (Å²) in [6.45, 7) is 3.95. The molecule has 1 aliphatic heterocycles. The summed E-state index contributed by atoms with van der Waals surface area (Å²) in [5, 5.41) is 2.79. The Morgan fingerprint density at radius 3 is 2.15 bits per heavy atom. The van der Waals surface area contributed by atoms with Crippen LogP contribution in [0.5, 0.6) is 17.2 Å². The van der Waals surface area contributed by atoms with Gasteiger partial charge < -0.3 is 19.5 Å². The van der Waals surface area contributed by atoms with Crippen molar-refractivity contribution in [1.29, 1.82) is 0 Å². The van der Waals surface area contributed by atoms with E-state index in [1.807, 2.05) is 38.1 Å². The Kier molecular flexibility index (Phi) is 5.45. The lowest BCUT2D eigenvalue weighted by atomic mass is 10.2. The van der Waals surface area contributed by atoms with E-state index in [1.54, 1.807) is 38.5 Å². The molecule has 0 aromatic heterocycles. The second kappa shape index (κ2) is 7.95. The van der Waals surface area contributed by atoms with Crippen LogP contribution >= 0.6 is 0 Å². The van der Waals surface area contributed by atoms with Gasteiger partial charge in [-0.2, -0.15) is 0 Å². The first-order valence-electron chi connectivity index (χ1n) is 8.60. The van der Waals surface area contributed by atoms with Crippen molar-refractivity contribution >= 4 is 17.8 Å². The van der Waals surface area contributed by atoms with Gasteiger partial charge in [-0.1, -0.05) is 12.1 Å². The maximum absolute atomic E-state index is 12.3. The van der Waals surface area contributed by atoms with Crippen LogP contribution in [0, 0.1) is 0 Å². The molecule has 0 unspecified atom stereocenters. The molecule has 2 aromatic carbocycles. The molecule has 1 N–H and O–H groups in total. The van der Waals surface area contributed by atoms with Gasteiger partial charge >= 0.3 is 0 Å². The average Bonchev–Trinajstić information content (AvgIpc) is 3.03. The molecule has 0 spiro atoms. The zero-order valence-corrected chi connectivity index (χ0v) is 15.8. The summed E-state index contributed by atoms with van der Waals surface area (Å²) in [6, 6.07) is 12.9. The van der Waals surface area contributed by atoms with Crippen LogP contribution in [0.4, 0.5) is 0 Å². The van der Waals surface area contributed by atoms with Crippen LogP contribution in [0.1, 0.15) is 25.0 Å². The summed E-state index contributed by atoms with van der Waals surface area (Å²) in [6.07, 6.45) is 1.85. The predicted molar refractivity (Wildman–Crippen MR) is 104 cm³/mol. The number of nitrogens with one attached hydrogen (secondary N) is 1. The molecule has 0 bridgehead atoms. The molecule has 1 aliphatic rings. The Morgan fingerprint density at radius 2 is 1.59 bits per heavy atom. The van der Waals surface area contributed by atoms with Gasteiger partial charge in [0.15, 0.2) is 0 Å². The molecule has 140 valence electrons. The third-order valence-electron chi connectivity index (χ3n) is 3.88. The lowest BCUT2D eigenvalue weighted by Crippen LogP contribution is -2.24. The second-order valence-electron chi connectivity index (χ2n) is 6.28. The number of hydrogen-bond acceptors (Lipinski definition) is 5. The van der Waals surface area contributed by atoms with Gasteiger partial charge in [0, 0.05) is 11.6 Å². The third kappa shape index (κ3) is 4.47. The minimum atomic E-state index is -0.255. The molecule has 27 heavy (non-hydrogen) atoms. The molecule has 0 radical (unpaired) electrons. The number of carbonyl (C=O) groups is 1. The van der Waals surface area contributed by atoms with E-state index < -0.39 is 0 Å². The molecule has 6 heteroatoms. The Labute approximate surface area is 158 Å². The van der Waals surface area contributed by atoms with E-state index in [-0.39, 0.29) is 12.0 Å². The van der Waals surface area contributed by atoms with Crippen LogP contribution in [0.2, 0.25) is 0 Å². The molecule has 0 saturated carbocycles. The number of methoxy groups -OCH3 is 2. The summed E-state index contributed by atoms with van der Waals surface area (Å²) in [5.74, 6) is 2.24. The van der Waals surface area contributed by atoms with Crippen molar-refractivity contribution in [2.75, 3.05) is 14.2 Å². The van der Waals surface area contributed by atoms with Gasteiger partial charge in [-0.15, -0.1) is 0 Å². The molecule has 0 aliphatic carbocycles. The Bertz CT molecular complexity index is 877. The lowest BCUT2D eigenvalue weighted by molar-refractivity contribution is -0.115. The van der Waals surface area contributed by atoms with Gasteiger partial charge in [0.05, 0.1) is 20.3 Å². The smallest absolute Gasteiger partial charge is 0.275 e. The second-order valence-corrected chi connectivity index (χ2v) is 6.28. The van der Waals surface area contributed by atoms with Crippen LogP contribution in [0.3, 0.4) is 0 Å². The Hall–Kier alpha value is -3.28. The van der Waals surface area contributed by atoms with Crippen LogP contribution in [0.25, 0.3) is 6.08 Å². The van der Waals surface area contributed by atoms with Crippen LogP contribution < -0.4 is 19.5 Å². The highest BCUT2D eigenvalue weighted by atomic mass is 16.5. The SMILES string of the molecule is COc1cc(OC)cc(C2=N/C(=C/c3ccc(OC(C)C)cc3)C(=O)N2)c1. The van der Waals surface area contributed by atoms with E-state index in [9.17, 15) is 4.79 Å². The van der Waals surface area contributed by atoms with Gasteiger partial charge in [0.25, 0.3) is 5.91 Å². The number of hydrogen-bond donors (Lipinski definition) is 1. The molecular weight excluding hydrogens is 344 g/mol. The quantitative estimate of drug-likeness (QED) is 0.796. The van der Waals surface area contributed by atoms with Crippen molar-refractivity contribution in [3.63, 3.8) is 0 Å². The van der Waals surface area contributed by atoms with Crippen molar-refractivity contribution in [2.45, 2.75) is 20.0 Å². The highest BCUT2D eigenvalue weighted by Crippen LogP contribution is 2.25. The standard InChI is InChI=1S/C21H22N2O4/c1-13(2)27-16-7-5-14(6-8-16)9-19-21(24)23-20(22-19)15-10-17(25-3)12-18(11-15)26-4/h5-13H,1-4H3,(H,22,23,24)/b19-9+. The number of rotatable bonds is 6. The summed E-state index contributed by atoms with van der Waals surface area (Å²) in [5.41, 5.74) is 1.91. The molecule has 6 nitrogen and oxygen atoms in total. The number of amidine groups is 1. The van der Waals surface area contributed by atoms with E-state index in [1.165, 1.54) is 0 Å². The largest absolute Gasteiger partial charge is 0.497 e. The van der Waals surface area contributed by atoms with Gasteiger partial charge in [-0.3, -0.25) is 4.79 Å². The molecule has 0 saturated heterocycles. The Morgan fingerprint density at radius 1 is 0.963 bits per heavy atom. The van der Waals surface area contributed by atoms with Crippen LogP contribution in [-0.2, 0) is 4.79 Å². The molecule has 1 heterocycles. The number of ether oxygens (including phenoxy) is 3. The highest BCUT2D eigenvalue weighted by molar-refractivity contribution is 6.20. The van der Waals surface area contributed by atoms with Crippen molar-refractivity contribution in [1.82, 2.24) is 5.32 Å². The first-order chi connectivity index (χ1) is 13.0. The lowest BCUT2D eigenvalue weighted by Gasteiger charge is -2.09. The normalized spacial score (nSPS) is 14.9.